The molecule has 0 aliphatic carbocycles. The summed E-state index contributed by atoms with van der Waals surface area (Å²) in [6.45, 7) is 4.76. The van der Waals surface area contributed by atoms with Gasteiger partial charge in [0.15, 0.2) is 23.8 Å². The summed E-state index contributed by atoms with van der Waals surface area (Å²) in [5.41, 5.74) is 1.03. The Morgan fingerprint density at radius 2 is 1.73 bits per heavy atom. The van der Waals surface area contributed by atoms with Crippen molar-refractivity contribution in [3.8, 4) is 5.75 Å². The number of anilines is 1. The molecule has 138 valence electrons. The molecule has 0 aliphatic rings. The summed E-state index contributed by atoms with van der Waals surface area (Å²) in [5.74, 6) is -3.00. The highest BCUT2D eigenvalue weighted by Crippen LogP contribution is 2.16. The molecular weight excluding hydrogens is 344 g/mol. The third-order valence-electron chi connectivity index (χ3n) is 3.48. The Hall–Kier alpha value is -2.96. The number of nitrogens with one attached hydrogen (secondary N) is 1. The van der Waals surface area contributed by atoms with Crippen LogP contribution in [0.25, 0.3) is 0 Å². The molecule has 2 atom stereocenters. The van der Waals surface area contributed by atoms with Gasteiger partial charge in [-0.1, -0.05) is 12.1 Å². The van der Waals surface area contributed by atoms with E-state index in [9.17, 15) is 18.4 Å². The molecule has 1 amide bonds. The molecule has 0 unspecified atom stereocenters. The first-order valence-corrected chi connectivity index (χ1v) is 7.96. The second-order valence-electron chi connectivity index (χ2n) is 5.77. The first-order chi connectivity index (χ1) is 12.3. The fourth-order valence-electron chi connectivity index (χ4n) is 2.08. The van der Waals surface area contributed by atoms with E-state index in [2.05, 4.69) is 5.32 Å². The van der Waals surface area contributed by atoms with Crippen molar-refractivity contribution in [3.05, 3.63) is 59.7 Å². The maximum Gasteiger partial charge on any atom is 0.347 e. The van der Waals surface area contributed by atoms with Gasteiger partial charge in [0.1, 0.15) is 5.75 Å². The van der Waals surface area contributed by atoms with Crippen LogP contribution in [0.15, 0.2) is 42.5 Å². The van der Waals surface area contributed by atoms with Gasteiger partial charge in [-0.3, -0.25) is 4.79 Å². The largest absolute Gasteiger partial charge is 0.479 e. The van der Waals surface area contributed by atoms with E-state index in [-0.39, 0.29) is 5.69 Å². The van der Waals surface area contributed by atoms with E-state index in [1.165, 1.54) is 19.9 Å². The maximum absolute atomic E-state index is 13.2. The number of hydrogen-bond acceptors (Lipinski definition) is 4. The molecule has 0 radical (unpaired) electrons. The van der Waals surface area contributed by atoms with Crippen molar-refractivity contribution < 1.29 is 27.8 Å². The van der Waals surface area contributed by atoms with Crippen molar-refractivity contribution in [2.24, 2.45) is 0 Å². The monoisotopic (exact) mass is 363 g/mol. The van der Waals surface area contributed by atoms with Gasteiger partial charge in [0, 0.05) is 11.8 Å². The summed E-state index contributed by atoms with van der Waals surface area (Å²) in [6, 6.07) is 10.1. The first-order valence-electron chi connectivity index (χ1n) is 7.96. The van der Waals surface area contributed by atoms with E-state index in [1.807, 2.05) is 13.0 Å². The fourth-order valence-corrected chi connectivity index (χ4v) is 2.08. The Morgan fingerprint density at radius 1 is 1.00 bits per heavy atom. The van der Waals surface area contributed by atoms with E-state index >= 15 is 0 Å². The lowest BCUT2D eigenvalue weighted by Crippen LogP contribution is -2.35. The molecule has 0 aromatic heterocycles. The second-order valence-corrected chi connectivity index (χ2v) is 5.77. The van der Waals surface area contributed by atoms with E-state index in [4.69, 9.17) is 9.47 Å². The molecule has 2 aromatic carbocycles. The zero-order chi connectivity index (χ0) is 19.3. The van der Waals surface area contributed by atoms with Gasteiger partial charge in [0.05, 0.1) is 0 Å². The van der Waals surface area contributed by atoms with Crippen LogP contribution in [0.3, 0.4) is 0 Å². The number of ether oxygens (including phenoxy) is 2. The van der Waals surface area contributed by atoms with Crippen molar-refractivity contribution in [2.45, 2.75) is 33.0 Å². The minimum atomic E-state index is -1.14. The molecule has 0 saturated heterocycles. The molecule has 2 aromatic rings. The molecule has 2 rings (SSSR count). The molecule has 7 heteroatoms. The Labute approximate surface area is 149 Å². The predicted octanol–water partition coefficient (Wildman–Crippen LogP) is 3.61. The van der Waals surface area contributed by atoms with Crippen LogP contribution in [0, 0.1) is 18.6 Å². The van der Waals surface area contributed by atoms with Gasteiger partial charge in [-0.05, 0) is 50.6 Å². The highest BCUT2D eigenvalue weighted by atomic mass is 19.2. The van der Waals surface area contributed by atoms with Crippen molar-refractivity contribution >= 4 is 17.6 Å². The number of aryl methyl sites for hydroxylation is 1. The van der Waals surface area contributed by atoms with E-state index < -0.39 is 35.7 Å². The van der Waals surface area contributed by atoms with Crippen LogP contribution >= 0.6 is 0 Å². The van der Waals surface area contributed by atoms with Crippen LogP contribution in [0.2, 0.25) is 0 Å². The van der Waals surface area contributed by atoms with Crippen LogP contribution in [0.5, 0.6) is 5.75 Å². The molecule has 1 N–H and O–H groups in total. The van der Waals surface area contributed by atoms with Gasteiger partial charge in [-0.2, -0.15) is 0 Å². The van der Waals surface area contributed by atoms with Crippen molar-refractivity contribution in [1.29, 1.82) is 0 Å². The summed E-state index contributed by atoms with van der Waals surface area (Å²) in [4.78, 5) is 24.1. The topological polar surface area (TPSA) is 64.6 Å². The molecule has 0 aliphatic heterocycles. The lowest BCUT2D eigenvalue weighted by Gasteiger charge is -2.18. The molecule has 0 heterocycles. The van der Waals surface area contributed by atoms with Crippen LogP contribution in [-0.4, -0.2) is 24.1 Å². The summed E-state index contributed by atoms with van der Waals surface area (Å²) in [5, 5.41) is 2.35. The van der Waals surface area contributed by atoms with Gasteiger partial charge < -0.3 is 14.8 Å². The number of rotatable bonds is 6. The zero-order valence-electron chi connectivity index (χ0n) is 14.6. The number of carbonyl (C=O) groups is 2. The molecule has 26 heavy (non-hydrogen) atoms. The average molecular weight is 363 g/mol. The van der Waals surface area contributed by atoms with Crippen molar-refractivity contribution in [3.63, 3.8) is 0 Å². The van der Waals surface area contributed by atoms with Gasteiger partial charge in [-0.15, -0.1) is 0 Å². The molecular formula is C19H19F2NO4. The Morgan fingerprint density at radius 3 is 2.38 bits per heavy atom. The Bertz CT molecular complexity index is 810. The van der Waals surface area contributed by atoms with Crippen LogP contribution in [-0.2, 0) is 14.3 Å². The number of carbonyl (C=O) groups excluding carboxylic acids is 2. The minimum Gasteiger partial charge on any atom is -0.479 e. The van der Waals surface area contributed by atoms with Crippen molar-refractivity contribution in [1.82, 2.24) is 0 Å². The normalized spacial score (nSPS) is 12.8. The Kier molecular flexibility index (Phi) is 6.27. The summed E-state index contributed by atoms with van der Waals surface area (Å²) in [7, 11) is 0. The van der Waals surface area contributed by atoms with E-state index in [1.54, 1.807) is 18.2 Å². The Balaban J connectivity index is 1.90. The van der Waals surface area contributed by atoms with Crippen molar-refractivity contribution in [2.75, 3.05) is 5.32 Å². The lowest BCUT2D eigenvalue weighted by atomic mass is 10.2. The summed E-state index contributed by atoms with van der Waals surface area (Å²) >= 11 is 0. The lowest BCUT2D eigenvalue weighted by molar-refractivity contribution is -0.159. The maximum atomic E-state index is 13.2. The third kappa shape index (κ3) is 5.27. The standard InChI is InChI=1S/C19H19F2NO4/c1-11-5-4-6-15(9-11)25-13(3)19(24)26-12(2)18(23)22-14-7-8-16(20)17(21)10-14/h4-10,12-13H,1-3H3,(H,22,23)/t12-,13+/m1/s1. The van der Waals surface area contributed by atoms with E-state index in [0.717, 1.165) is 17.7 Å². The zero-order valence-corrected chi connectivity index (χ0v) is 14.6. The van der Waals surface area contributed by atoms with E-state index in [0.29, 0.717) is 5.75 Å². The number of hydrogen-bond donors (Lipinski definition) is 1. The molecule has 5 nitrogen and oxygen atoms in total. The smallest absolute Gasteiger partial charge is 0.347 e. The quantitative estimate of drug-likeness (QED) is 0.797. The highest BCUT2D eigenvalue weighted by molar-refractivity contribution is 5.95. The van der Waals surface area contributed by atoms with Crippen LogP contribution in [0.4, 0.5) is 14.5 Å². The van der Waals surface area contributed by atoms with Crippen LogP contribution in [0.1, 0.15) is 19.4 Å². The molecule has 0 spiro atoms. The summed E-state index contributed by atoms with van der Waals surface area (Å²) in [6.07, 6.45) is -2.06. The average Bonchev–Trinajstić information content (AvgIpc) is 2.58. The summed E-state index contributed by atoms with van der Waals surface area (Å²) < 4.78 is 36.6. The molecule has 0 bridgehead atoms. The van der Waals surface area contributed by atoms with Gasteiger partial charge in [0.25, 0.3) is 5.91 Å². The number of amides is 1. The first kappa shape index (κ1) is 19.4. The predicted molar refractivity (Wildman–Crippen MR) is 91.8 cm³/mol. The highest BCUT2D eigenvalue weighted by Gasteiger charge is 2.23. The van der Waals surface area contributed by atoms with Gasteiger partial charge >= 0.3 is 5.97 Å². The molecule has 0 fully saturated rings. The van der Waals surface area contributed by atoms with Gasteiger partial charge in [0.2, 0.25) is 0 Å². The number of esters is 1. The third-order valence-corrected chi connectivity index (χ3v) is 3.48. The van der Waals surface area contributed by atoms with Gasteiger partial charge in [-0.25, -0.2) is 13.6 Å². The number of benzene rings is 2. The molecule has 0 saturated carbocycles. The number of halogens is 2. The van der Waals surface area contributed by atoms with Crippen LogP contribution < -0.4 is 10.1 Å². The fraction of sp³-hybridized carbons (Fsp3) is 0.263. The SMILES string of the molecule is Cc1cccc(O[C@@H](C)C(=O)O[C@H](C)C(=O)Nc2ccc(F)c(F)c2)c1. The second kappa shape index (κ2) is 8.42. The minimum absolute atomic E-state index is 0.0564.